The fourth-order valence-corrected chi connectivity index (χ4v) is 3.59. The monoisotopic (exact) mass is 401 g/mol. The van der Waals surface area contributed by atoms with Crippen molar-refractivity contribution >= 4 is 23.2 Å². The molecule has 4 rings (SSSR count). The van der Waals surface area contributed by atoms with Gasteiger partial charge in [0.25, 0.3) is 0 Å². The standard InChI is InChI=1S/C21H21Cl2N3O/c1-13(2)21-24-10-15-11-26(8-7-19(15)25-21)12-16-4-6-20(27-16)14-3-5-17(22)18(23)9-14/h3-6,9-10,13H,7-8,11-12H2,1-2H3. The first-order chi connectivity index (χ1) is 13.0. The highest BCUT2D eigenvalue weighted by atomic mass is 35.5. The fraction of sp³-hybridized carbons (Fsp3) is 0.333. The minimum absolute atomic E-state index is 0.358. The zero-order valence-electron chi connectivity index (χ0n) is 15.4. The van der Waals surface area contributed by atoms with Gasteiger partial charge in [0.05, 0.1) is 16.6 Å². The van der Waals surface area contributed by atoms with Crippen LogP contribution in [0.3, 0.4) is 0 Å². The van der Waals surface area contributed by atoms with Crippen LogP contribution in [0.25, 0.3) is 11.3 Å². The fourth-order valence-electron chi connectivity index (χ4n) is 3.29. The molecule has 2 aromatic heterocycles. The van der Waals surface area contributed by atoms with Crippen molar-refractivity contribution in [1.82, 2.24) is 14.9 Å². The molecule has 0 fully saturated rings. The van der Waals surface area contributed by atoms with E-state index in [1.165, 1.54) is 11.3 Å². The highest BCUT2D eigenvalue weighted by Gasteiger charge is 2.20. The quantitative estimate of drug-likeness (QED) is 0.559. The van der Waals surface area contributed by atoms with Gasteiger partial charge < -0.3 is 4.42 Å². The number of benzene rings is 1. The van der Waals surface area contributed by atoms with E-state index in [0.29, 0.717) is 16.0 Å². The third kappa shape index (κ3) is 4.03. The van der Waals surface area contributed by atoms with Crippen LogP contribution >= 0.6 is 23.2 Å². The Labute approximate surface area is 169 Å². The van der Waals surface area contributed by atoms with Gasteiger partial charge in [-0.05, 0) is 30.3 Å². The Morgan fingerprint density at radius 2 is 2.00 bits per heavy atom. The first kappa shape index (κ1) is 18.5. The molecule has 0 spiro atoms. The van der Waals surface area contributed by atoms with Gasteiger partial charge in [-0.2, -0.15) is 0 Å². The lowest BCUT2D eigenvalue weighted by molar-refractivity contribution is 0.224. The highest BCUT2D eigenvalue weighted by Crippen LogP contribution is 2.30. The van der Waals surface area contributed by atoms with Crippen LogP contribution in [0, 0.1) is 0 Å². The van der Waals surface area contributed by atoms with Crippen LogP contribution in [0.2, 0.25) is 10.0 Å². The Hall–Kier alpha value is -1.88. The third-order valence-corrected chi connectivity index (χ3v) is 5.53. The van der Waals surface area contributed by atoms with E-state index in [-0.39, 0.29) is 0 Å². The molecule has 3 heterocycles. The number of furan rings is 1. The normalized spacial score (nSPS) is 14.6. The third-order valence-electron chi connectivity index (χ3n) is 4.79. The van der Waals surface area contributed by atoms with Crippen LogP contribution in [0.5, 0.6) is 0 Å². The van der Waals surface area contributed by atoms with Gasteiger partial charge in [0.1, 0.15) is 17.3 Å². The molecule has 0 radical (unpaired) electrons. The molecule has 1 aliphatic heterocycles. The highest BCUT2D eigenvalue weighted by molar-refractivity contribution is 6.42. The van der Waals surface area contributed by atoms with Crippen molar-refractivity contribution in [3.05, 3.63) is 69.4 Å². The lowest BCUT2D eigenvalue weighted by atomic mass is 10.1. The van der Waals surface area contributed by atoms with Gasteiger partial charge in [-0.3, -0.25) is 4.90 Å². The summed E-state index contributed by atoms with van der Waals surface area (Å²) < 4.78 is 6.03. The zero-order valence-corrected chi connectivity index (χ0v) is 16.9. The molecule has 0 amide bonds. The Morgan fingerprint density at radius 3 is 2.78 bits per heavy atom. The van der Waals surface area contributed by atoms with Gasteiger partial charge >= 0.3 is 0 Å². The molecule has 0 N–H and O–H groups in total. The van der Waals surface area contributed by atoms with Crippen LogP contribution in [-0.4, -0.2) is 21.4 Å². The summed E-state index contributed by atoms with van der Waals surface area (Å²) in [5, 5.41) is 1.07. The van der Waals surface area contributed by atoms with Crippen LogP contribution in [0.1, 0.15) is 42.6 Å². The van der Waals surface area contributed by atoms with Crippen molar-refractivity contribution in [2.75, 3.05) is 6.54 Å². The Kier molecular flexibility index (Phi) is 5.22. The SMILES string of the molecule is CC(C)c1ncc2c(n1)CCN(Cc1ccc(-c3ccc(Cl)c(Cl)c3)o1)C2. The van der Waals surface area contributed by atoms with E-state index in [9.17, 15) is 0 Å². The lowest BCUT2D eigenvalue weighted by Gasteiger charge is -2.27. The molecular formula is C21H21Cl2N3O. The zero-order chi connectivity index (χ0) is 19.0. The summed E-state index contributed by atoms with van der Waals surface area (Å²) in [4.78, 5) is 11.6. The average Bonchev–Trinajstić information content (AvgIpc) is 3.12. The minimum Gasteiger partial charge on any atom is -0.460 e. The number of aromatic nitrogens is 2. The maximum absolute atomic E-state index is 6.11. The Balaban J connectivity index is 1.46. The van der Waals surface area contributed by atoms with E-state index in [2.05, 4.69) is 23.7 Å². The summed E-state index contributed by atoms with van der Waals surface area (Å²) in [5.41, 5.74) is 3.32. The van der Waals surface area contributed by atoms with Crippen LogP contribution in [0.15, 0.2) is 40.9 Å². The summed E-state index contributed by atoms with van der Waals surface area (Å²) >= 11 is 12.1. The second-order valence-corrected chi connectivity index (χ2v) is 8.02. The van der Waals surface area contributed by atoms with E-state index >= 15 is 0 Å². The number of halogens is 2. The van der Waals surface area contributed by atoms with Crippen molar-refractivity contribution < 1.29 is 4.42 Å². The molecule has 1 aromatic carbocycles. The Morgan fingerprint density at radius 1 is 1.15 bits per heavy atom. The summed E-state index contributed by atoms with van der Waals surface area (Å²) in [7, 11) is 0. The topological polar surface area (TPSA) is 42.2 Å². The second kappa shape index (κ2) is 7.63. The van der Waals surface area contributed by atoms with E-state index in [1.54, 1.807) is 6.07 Å². The molecular weight excluding hydrogens is 381 g/mol. The lowest BCUT2D eigenvalue weighted by Crippen LogP contribution is -2.31. The molecule has 3 aromatic rings. The number of fused-ring (bicyclic) bond motifs is 1. The summed E-state index contributed by atoms with van der Waals surface area (Å²) in [6.07, 6.45) is 2.92. The largest absolute Gasteiger partial charge is 0.460 e. The first-order valence-corrected chi connectivity index (χ1v) is 9.86. The predicted molar refractivity (Wildman–Crippen MR) is 108 cm³/mol. The number of rotatable bonds is 4. The minimum atomic E-state index is 0.358. The summed E-state index contributed by atoms with van der Waals surface area (Å²) in [6.45, 7) is 6.81. The molecule has 0 saturated carbocycles. The van der Waals surface area contributed by atoms with Gasteiger partial charge in [0, 0.05) is 48.4 Å². The Bertz CT molecular complexity index is 968. The predicted octanol–water partition coefficient (Wildman–Crippen LogP) is 5.73. The van der Waals surface area contributed by atoms with Crippen LogP contribution in [-0.2, 0) is 19.5 Å². The van der Waals surface area contributed by atoms with Crippen LogP contribution in [0.4, 0.5) is 0 Å². The molecule has 140 valence electrons. The average molecular weight is 402 g/mol. The van der Waals surface area contributed by atoms with E-state index in [0.717, 1.165) is 49.0 Å². The molecule has 0 bridgehead atoms. The first-order valence-electron chi connectivity index (χ1n) is 9.11. The van der Waals surface area contributed by atoms with Gasteiger partial charge in [-0.15, -0.1) is 0 Å². The molecule has 0 atom stereocenters. The summed E-state index contributed by atoms with van der Waals surface area (Å²) in [6, 6.07) is 9.52. The van der Waals surface area contributed by atoms with Gasteiger partial charge in [-0.1, -0.05) is 37.0 Å². The van der Waals surface area contributed by atoms with Crippen LogP contribution < -0.4 is 0 Å². The maximum atomic E-state index is 6.11. The molecule has 0 saturated heterocycles. The van der Waals surface area contributed by atoms with Crippen molar-refractivity contribution in [2.45, 2.75) is 39.3 Å². The smallest absolute Gasteiger partial charge is 0.134 e. The number of nitrogens with zero attached hydrogens (tertiary/aromatic N) is 3. The van der Waals surface area contributed by atoms with Gasteiger partial charge in [0.15, 0.2) is 0 Å². The van der Waals surface area contributed by atoms with Gasteiger partial charge in [0.2, 0.25) is 0 Å². The molecule has 6 heteroatoms. The molecule has 4 nitrogen and oxygen atoms in total. The number of hydrogen-bond donors (Lipinski definition) is 0. The van der Waals surface area contributed by atoms with E-state index in [1.807, 2.05) is 30.5 Å². The molecule has 1 aliphatic rings. The second-order valence-electron chi connectivity index (χ2n) is 7.21. The molecule has 0 unspecified atom stereocenters. The van der Waals surface area contributed by atoms with Gasteiger partial charge in [-0.25, -0.2) is 9.97 Å². The summed E-state index contributed by atoms with van der Waals surface area (Å²) in [5.74, 6) is 3.01. The van der Waals surface area contributed by atoms with E-state index < -0.39 is 0 Å². The maximum Gasteiger partial charge on any atom is 0.134 e. The molecule has 27 heavy (non-hydrogen) atoms. The van der Waals surface area contributed by atoms with Crippen molar-refractivity contribution in [1.29, 1.82) is 0 Å². The molecule has 0 aliphatic carbocycles. The van der Waals surface area contributed by atoms with E-state index in [4.69, 9.17) is 32.6 Å². The number of hydrogen-bond acceptors (Lipinski definition) is 4. The van der Waals surface area contributed by atoms with Crippen molar-refractivity contribution in [3.8, 4) is 11.3 Å². The van der Waals surface area contributed by atoms with Crippen molar-refractivity contribution in [2.24, 2.45) is 0 Å². The van der Waals surface area contributed by atoms with Crippen molar-refractivity contribution in [3.63, 3.8) is 0 Å².